The molecule has 8 nitrogen and oxygen atoms in total. The van der Waals surface area contributed by atoms with Crippen LogP contribution >= 0.6 is 0 Å². The number of ether oxygens (including phenoxy) is 1. The summed E-state index contributed by atoms with van der Waals surface area (Å²) in [6, 6.07) is 8.63. The molecule has 3 N–H and O–H groups in total. The molecule has 0 saturated heterocycles. The summed E-state index contributed by atoms with van der Waals surface area (Å²) in [6.45, 7) is 0. The van der Waals surface area contributed by atoms with Crippen molar-refractivity contribution in [3.63, 3.8) is 0 Å². The van der Waals surface area contributed by atoms with Gasteiger partial charge < -0.3 is 9.72 Å². The number of aromatic nitrogens is 7. The van der Waals surface area contributed by atoms with E-state index in [1.807, 2.05) is 18.3 Å². The molecule has 0 aliphatic rings. The first-order valence-electron chi connectivity index (χ1n) is 9.85. The SMILES string of the molecule is COc1cc(F)cc(-c2cncc3[nH]c(-c4[nH]nc5ncc(-c6cn[nH]c6)cc45)cc23)c1. The Morgan fingerprint density at radius 1 is 0.906 bits per heavy atom. The fourth-order valence-electron chi connectivity index (χ4n) is 3.92. The Morgan fingerprint density at radius 3 is 2.69 bits per heavy atom. The van der Waals surface area contributed by atoms with E-state index in [4.69, 9.17) is 4.74 Å². The van der Waals surface area contributed by atoms with Crippen LogP contribution in [0.2, 0.25) is 0 Å². The van der Waals surface area contributed by atoms with Crippen molar-refractivity contribution >= 4 is 21.9 Å². The molecule has 32 heavy (non-hydrogen) atoms. The molecular formula is C23H16FN7O. The van der Waals surface area contributed by atoms with Crippen molar-refractivity contribution < 1.29 is 9.13 Å². The van der Waals surface area contributed by atoms with E-state index in [-0.39, 0.29) is 5.82 Å². The van der Waals surface area contributed by atoms with E-state index in [9.17, 15) is 4.39 Å². The Labute approximate surface area is 180 Å². The lowest BCUT2D eigenvalue weighted by molar-refractivity contribution is 0.411. The summed E-state index contributed by atoms with van der Waals surface area (Å²) < 4.78 is 19.4. The van der Waals surface area contributed by atoms with E-state index >= 15 is 0 Å². The first kappa shape index (κ1) is 18.3. The minimum Gasteiger partial charge on any atom is -0.497 e. The highest BCUT2D eigenvalue weighted by molar-refractivity contribution is 6.00. The van der Waals surface area contributed by atoms with Gasteiger partial charge in [-0.3, -0.25) is 15.2 Å². The number of aromatic amines is 3. The summed E-state index contributed by atoms with van der Waals surface area (Å²) >= 11 is 0. The Hall–Kier alpha value is -4.53. The maximum atomic E-state index is 14.1. The lowest BCUT2D eigenvalue weighted by Crippen LogP contribution is -1.88. The van der Waals surface area contributed by atoms with Crippen LogP contribution in [0.3, 0.4) is 0 Å². The molecule has 9 heteroatoms. The summed E-state index contributed by atoms with van der Waals surface area (Å²) in [6.07, 6.45) is 8.79. The number of halogens is 1. The second-order valence-corrected chi connectivity index (χ2v) is 7.39. The molecule has 0 fully saturated rings. The van der Waals surface area contributed by atoms with Gasteiger partial charge in [0.1, 0.15) is 11.6 Å². The van der Waals surface area contributed by atoms with E-state index in [1.165, 1.54) is 19.2 Å². The van der Waals surface area contributed by atoms with Crippen molar-refractivity contribution in [1.82, 2.24) is 35.3 Å². The van der Waals surface area contributed by atoms with Crippen molar-refractivity contribution in [3.8, 4) is 39.4 Å². The molecule has 0 aliphatic heterocycles. The van der Waals surface area contributed by atoms with E-state index in [0.717, 1.165) is 44.4 Å². The van der Waals surface area contributed by atoms with E-state index < -0.39 is 0 Å². The number of pyridine rings is 2. The minimum absolute atomic E-state index is 0.371. The quantitative estimate of drug-likeness (QED) is 0.379. The molecule has 1 aromatic carbocycles. The number of nitrogens with zero attached hydrogens (tertiary/aromatic N) is 4. The fourth-order valence-corrected chi connectivity index (χ4v) is 3.92. The highest BCUT2D eigenvalue weighted by Gasteiger charge is 2.16. The van der Waals surface area contributed by atoms with E-state index in [1.54, 1.807) is 30.9 Å². The predicted octanol–water partition coefficient (Wildman–Crippen LogP) is 4.71. The van der Waals surface area contributed by atoms with Crippen LogP contribution in [0.1, 0.15) is 0 Å². The number of rotatable bonds is 4. The van der Waals surface area contributed by atoms with Crippen molar-refractivity contribution in [2.24, 2.45) is 0 Å². The van der Waals surface area contributed by atoms with Crippen molar-refractivity contribution in [1.29, 1.82) is 0 Å². The molecule has 0 radical (unpaired) electrons. The molecule has 0 amide bonds. The number of hydrogen-bond acceptors (Lipinski definition) is 5. The molecule has 0 saturated carbocycles. The van der Waals surface area contributed by atoms with Crippen LogP contribution in [0.5, 0.6) is 5.75 Å². The molecule has 0 aliphatic carbocycles. The molecule has 0 bridgehead atoms. The Balaban J connectivity index is 1.51. The molecular weight excluding hydrogens is 409 g/mol. The van der Waals surface area contributed by atoms with Crippen molar-refractivity contribution in [3.05, 3.63) is 67.1 Å². The molecule has 6 aromatic rings. The third-order valence-corrected chi connectivity index (χ3v) is 5.47. The molecule has 6 rings (SSSR count). The highest BCUT2D eigenvalue weighted by atomic mass is 19.1. The third-order valence-electron chi connectivity index (χ3n) is 5.47. The first-order chi connectivity index (χ1) is 15.7. The van der Waals surface area contributed by atoms with Gasteiger partial charge in [-0.15, -0.1) is 0 Å². The van der Waals surface area contributed by atoms with Crippen LogP contribution in [0, 0.1) is 5.82 Å². The summed E-state index contributed by atoms with van der Waals surface area (Å²) in [5, 5.41) is 16.0. The maximum Gasteiger partial charge on any atom is 0.181 e. The molecule has 5 aromatic heterocycles. The zero-order valence-electron chi connectivity index (χ0n) is 16.8. The van der Waals surface area contributed by atoms with Crippen LogP contribution in [0.15, 0.2) is 61.3 Å². The standard InChI is InChI=1S/C23H16FN7O/c1-32-16-3-12(2-15(24)5-16)19-10-25-11-21-17(19)6-20(29-21)22-18-4-13(14-8-27-28-9-14)7-26-23(18)31-30-22/h2-11,29H,1H3,(H,27,28)(H,26,30,31). The van der Waals surface area contributed by atoms with Gasteiger partial charge in [0.25, 0.3) is 0 Å². The fraction of sp³-hybridized carbons (Fsp3) is 0.0435. The number of benzene rings is 1. The van der Waals surface area contributed by atoms with Gasteiger partial charge in [-0.05, 0) is 29.8 Å². The smallest absolute Gasteiger partial charge is 0.181 e. The van der Waals surface area contributed by atoms with Crippen LogP contribution in [-0.2, 0) is 0 Å². The number of hydrogen-bond donors (Lipinski definition) is 3. The Morgan fingerprint density at radius 2 is 1.84 bits per heavy atom. The van der Waals surface area contributed by atoms with Gasteiger partial charge in [0.15, 0.2) is 5.65 Å². The summed E-state index contributed by atoms with van der Waals surface area (Å²) in [7, 11) is 1.51. The first-order valence-corrected chi connectivity index (χ1v) is 9.85. The lowest BCUT2D eigenvalue weighted by atomic mass is 10.0. The maximum absolute atomic E-state index is 14.1. The highest BCUT2D eigenvalue weighted by Crippen LogP contribution is 2.35. The summed E-state index contributed by atoms with van der Waals surface area (Å²) in [4.78, 5) is 12.2. The normalized spacial score (nSPS) is 11.4. The van der Waals surface area contributed by atoms with Gasteiger partial charge in [0.2, 0.25) is 0 Å². The number of fused-ring (bicyclic) bond motifs is 2. The van der Waals surface area contributed by atoms with Gasteiger partial charge in [-0.2, -0.15) is 10.2 Å². The second-order valence-electron chi connectivity index (χ2n) is 7.39. The summed E-state index contributed by atoms with van der Waals surface area (Å²) in [5.41, 5.74) is 6.41. The second kappa shape index (κ2) is 7.02. The van der Waals surface area contributed by atoms with Crippen LogP contribution in [0.25, 0.3) is 55.6 Å². The molecule has 5 heterocycles. The van der Waals surface area contributed by atoms with Crippen molar-refractivity contribution in [2.75, 3.05) is 7.11 Å². The monoisotopic (exact) mass is 425 g/mol. The number of nitrogens with one attached hydrogen (secondary N) is 3. The van der Waals surface area contributed by atoms with E-state index in [2.05, 4.69) is 35.3 Å². The van der Waals surface area contributed by atoms with Gasteiger partial charge in [-0.1, -0.05) is 0 Å². The van der Waals surface area contributed by atoms with Crippen molar-refractivity contribution in [2.45, 2.75) is 0 Å². The average molecular weight is 425 g/mol. The van der Waals surface area contributed by atoms with Gasteiger partial charge in [0, 0.05) is 52.1 Å². The molecule has 0 unspecified atom stereocenters. The third kappa shape index (κ3) is 2.90. The molecule has 0 atom stereocenters. The zero-order valence-corrected chi connectivity index (χ0v) is 16.8. The predicted molar refractivity (Wildman–Crippen MR) is 119 cm³/mol. The zero-order chi connectivity index (χ0) is 21.7. The average Bonchev–Trinajstić information content (AvgIpc) is 3.56. The summed E-state index contributed by atoms with van der Waals surface area (Å²) in [5.74, 6) is 0.0784. The van der Waals surface area contributed by atoms with Crippen LogP contribution < -0.4 is 4.74 Å². The Bertz CT molecular complexity index is 1580. The van der Waals surface area contributed by atoms with Gasteiger partial charge in [-0.25, -0.2) is 9.37 Å². The topological polar surface area (TPSA) is 108 Å². The van der Waals surface area contributed by atoms with Crippen LogP contribution in [0.4, 0.5) is 4.39 Å². The van der Waals surface area contributed by atoms with Crippen LogP contribution in [-0.4, -0.2) is 42.5 Å². The number of methoxy groups -OCH3 is 1. The lowest BCUT2D eigenvalue weighted by Gasteiger charge is -2.06. The van der Waals surface area contributed by atoms with Gasteiger partial charge >= 0.3 is 0 Å². The minimum atomic E-state index is -0.371. The van der Waals surface area contributed by atoms with Gasteiger partial charge in [0.05, 0.1) is 36.4 Å². The van der Waals surface area contributed by atoms with E-state index in [0.29, 0.717) is 17.0 Å². The molecule has 156 valence electrons. The Kier molecular flexibility index (Phi) is 4.00. The largest absolute Gasteiger partial charge is 0.497 e. The molecule has 0 spiro atoms. The number of H-pyrrole nitrogens is 3.